The van der Waals surface area contributed by atoms with E-state index in [1.54, 1.807) is 40.9 Å². The Morgan fingerprint density at radius 2 is 1.96 bits per heavy atom. The van der Waals surface area contributed by atoms with Gasteiger partial charge in [0.15, 0.2) is 5.15 Å². The fourth-order valence-electron chi connectivity index (χ4n) is 2.13. The van der Waals surface area contributed by atoms with Crippen LogP contribution in [0.25, 0.3) is 11.7 Å². The Morgan fingerprint density at radius 1 is 1.21 bits per heavy atom. The molecule has 3 rings (SSSR count). The van der Waals surface area contributed by atoms with Gasteiger partial charge in [-0.1, -0.05) is 29.3 Å². The van der Waals surface area contributed by atoms with Gasteiger partial charge >= 0.3 is 0 Å². The zero-order valence-electron chi connectivity index (χ0n) is 12.2. The fraction of sp³-hybridized carbons (Fsp3) is 0. The van der Waals surface area contributed by atoms with Gasteiger partial charge in [-0.3, -0.25) is 9.20 Å². The van der Waals surface area contributed by atoms with Crippen molar-refractivity contribution in [3.05, 3.63) is 70.1 Å². The van der Waals surface area contributed by atoms with E-state index in [0.29, 0.717) is 22.1 Å². The Hall–Kier alpha value is -2.81. The first-order valence-electron chi connectivity index (χ1n) is 6.90. The van der Waals surface area contributed by atoms with Crippen molar-refractivity contribution >= 4 is 46.5 Å². The number of aromatic nitrogens is 2. The number of nitrogens with one attached hydrogen (secondary N) is 1. The Labute approximate surface area is 147 Å². The summed E-state index contributed by atoms with van der Waals surface area (Å²) < 4.78 is 1.70. The first-order valence-corrected chi connectivity index (χ1v) is 7.65. The molecule has 0 aliphatic carbocycles. The van der Waals surface area contributed by atoms with E-state index in [9.17, 15) is 10.1 Å². The summed E-state index contributed by atoms with van der Waals surface area (Å²) in [6.07, 6.45) is 3.17. The minimum atomic E-state index is -0.540. The molecular formula is C17H10Cl2N4O. The number of rotatable bonds is 3. The number of imidazole rings is 1. The van der Waals surface area contributed by atoms with Crippen LogP contribution >= 0.6 is 23.2 Å². The van der Waals surface area contributed by atoms with Crippen molar-refractivity contribution in [2.24, 2.45) is 0 Å². The molecule has 0 radical (unpaired) electrons. The predicted molar refractivity (Wildman–Crippen MR) is 93.9 cm³/mol. The smallest absolute Gasteiger partial charge is 0.266 e. The number of carbonyl (C=O) groups excluding carboxylic acids is 1. The molecule has 7 heteroatoms. The van der Waals surface area contributed by atoms with E-state index in [0.717, 1.165) is 0 Å². The van der Waals surface area contributed by atoms with Gasteiger partial charge in [-0.05, 0) is 42.5 Å². The van der Waals surface area contributed by atoms with Crippen molar-refractivity contribution in [3.63, 3.8) is 0 Å². The summed E-state index contributed by atoms with van der Waals surface area (Å²) in [4.78, 5) is 16.5. The van der Waals surface area contributed by atoms with Gasteiger partial charge in [-0.25, -0.2) is 4.98 Å². The van der Waals surface area contributed by atoms with Gasteiger partial charge in [0.2, 0.25) is 0 Å². The number of benzene rings is 1. The zero-order chi connectivity index (χ0) is 17.1. The lowest BCUT2D eigenvalue weighted by Crippen LogP contribution is -2.13. The van der Waals surface area contributed by atoms with Crippen molar-refractivity contribution in [3.8, 4) is 6.07 Å². The molecule has 1 N–H and O–H groups in total. The summed E-state index contributed by atoms with van der Waals surface area (Å²) in [5.41, 5.74) is 1.55. The van der Waals surface area contributed by atoms with E-state index >= 15 is 0 Å². The third-order valence-electron chi connectivity index (χ3n) is 3.27. The van der Waals surface area contributed by atoms with Crippen LogP contribution in [0, 0.1) is 11.3 Å². The van der Waals surface area contributed by atoms with Gasteiger partial charge < -0.3 is 5.32 Å². The quantitative estimate of drug-likeness (QED) is 0.565. The molecule has 0 saturated heterocycles. The van der Waals surface area contributed by atoms with Crippen LogP contribution in [-0.4, -0.2) is 15.3 Å². The molecule has 0 aliphatic rings. The average molecular weight is 357 g/mol. The highest BCUT2D eigenvalue weighted by molar-refractivity contribution is 6.31. The second kappa shape index (κ2) is 6.75. The highest BCUT2D eigenvalue weighted by atomic mass is 35.5. The number of nitriles is 1. The van der Waals surface area contributed by atoms with Crippen molar-refractivity contribution in [2.45, 2.75) is 0 Å². The molecule has 0 atom stereocenters. The van der Waals surface area contributed by atoms with Gasteiger partial charge in [0.1, 0.15) is 17.3 Å². The highest BCUT2D eigenvalue weighted by Gasteiger charge is 2.14. The maximum Gasteiger partial charge on any atom is 0.266 e. The van der Waals surface area contributed by atoms with E-state index < -0.39 is 5.91 Å². The lowest BCUT2D eigenvalue weighted by Gasteiger charge is -2.04. The molecule has 1 aromatic carbocycles. The van der Waals surface area contributed by atoms with Crippen LogP contribution in [0.15, 0.2) is 54.2 Å². The van der Waals surface area contributed by atoms with Crippen LogP contribution in [-0.2, 0) is 4.79 Å². The number of carbonyl (C=O) groups is 1. The Morgan fingerprint density at radius 3 is 2.67 bits per heavy atom. The summed E-state index contributed by atoms with van der Waals surface area (Å²) >= 11 is 11.9. The largest absolute Gasteiger partial charge is 0.321 e. The maximum absolute atomic E-state index is 12.3. The number of anilines is 1. The molecular weight excluding hydrogens is 347 g/mol. The fourth-order valence-corrected chi connectivity index (χ4v) is 2.49. The molecule has 118 valence electrons. The number of hydrogen-bond donors (Lipinski definition) is 1. The first-order chi connectivity index (χ1) is 11.6. The molecule has 3 aromatic rings. The predicted octanol–water partition coefficient (Wildman–Crippen LogP) is 4.19. The van der Waals surface area contributed by atoms with E-state index in [1.165, 1.54) is 6.08 Å². The summed E-state index contributed by atoms with van der Waals surface area (Å²) in [5.74, 6) is -0.540. The molecule has 0 fully saturated rings. The minimum Gasteiger partial charge on any atom is -0.321 e. The summed E-state index contributed by atoms with van der Waals surface area (Å²) in [7, 11) is 0. The average Bonchev–Trinajstić information content (AvgIpc) is 2.90. The lowest BCUT2D eigenvalue weighted by molar-refractivity contribution is -0.112. The molecule has 24 heavy (non-hydrogen) atoms. The van der Waals surface area contributed by atoms with Gasteiger partial charge in [-0.2, -0.15) is 5.26 Å². The Balaban J connectivity index is 1.94. The third-order valence-corrected chi connectivity index (χ3v) is 3.80. The molecule has 1 amide bonds. The molecule has 0 aliphatic heterocycles. The van der Waals surface area contributed by atoms with E-state index in [4.69, 9.17) is 23.2 Å². The van der Waals surface area contributed by atoms with Crippen molar-refractivity contribution in [2.75, 3.05) is 5.32 Å². The van der Waals surface area contributed by atoms with E-state index in [2.05, 4.69) is 10.3 Å². The van der Waals surface area contributed by atoms with E-state index in [-0.39, 0.29) is 10.7 Å². The topological polar surface area (TPSA) is 70.2 Å². The summed E-state index contributed by atoms with van der Waals surface area (Å²) in [6, 6.07) is 13.9. The lowest BCUT2D eigenvalue weighted by atomic mass is 10.2. The first kappa shape index (κ1) is 16.1. The van der Waals surface area contributed by atoms with Crippen molar-refractivity contribution in [1.82, 2.24) is 9.38 Å². The molecule has 5 nitrogen and oxygen atoms in total. The van der Waals surface area contributed by atoms with Crippen molar-refractivity contribution in [1.29, 1.82) is 5.26 Å². The Bertz CT molecular complexity index is 984. The minimum absolute atomic E-state index is 0.0856. The number of amides is 1. The second-order valence-electron chi connectivity index (χ2n) is 4.85. The molecule has 2 aromatic heterocycles. The monoisotopic (exact) mass is 356 g/mol. The van der Waals surface area contributed by atoms with Crippen molar-refractivity contribution < 1.29 is 4.79 Å². The van der Waals surface area contributed by atoms with Gasteiger partial charge in [0, 0.05) is 16.9 Å². The van der Waals surface area contributed by atoms with Crippen LogP contribution in [0.5, 0.6) is 0 Å². The normalized spacial score (nSPS) is 11.3. The zero-order valence-corrected chi connectivity index (χ0v) is 13.7. The van der Waals surface area contributed by atoms with E-state index in [1.807, 2.05) is 18.2 Å². The van der Waals surface area contributed by atoms with Crippen LogP contribution in [0.3, 0.4) is 0 Å². The summed E-state index contributed by atoms with van der Waals surface area (Å²) in [6.45, 7) is 0. The van der Waals surface area contributed by atoms with Crippen LogP contribution in [0.1, 0.15) is 5.69 Å². The van der Waals surface area contributed by atoms with Crippen LogP contribution < -0.4 is 5.32 Å². The molecule has 0 unspecified atom stereocenters. The molecule has 0 bridgehead atoms. The standard InChI is InChI=1S/C17H10Cl2N4O/c18-12-4-6-13(7-5-12)21-17(24)11(10-20)9-14-16(19)22-15-3-1-2-8-23(14)15/h1-9H,(H,21,24)/b11-9+. The summed E-state index contributed by atoms with van der Waals surface area (Å²) in [5, 5.41) is 12.7. The number of nitrogens with zero attached hydrogens (tertiary/aromatic N) is 3. The highest BCUT2D eigenvalue weighted by Crippen LogP contribution is 2.21. The number of halogens is 2. The van der Waals surface area contributed by atoms with Crippen LogP contribution in [0.4, 0.5) is 5.69 Å². The SMILES string of the molecule is N#C/C(=C\c1c(Cl)nc2ccccn12)C(=O)Nc1ccc(Cl)cc1. The molecule has 0 saturated carbocycles. The van der Waals surface area contributed by atoms with Gasteiger partial charge in [-0.15, -0.1) is 0 Å². The van der Waals surface area contributed by atoms with Gasteiger partial charge in [0.25, 0.3) is 5.91 Å². The number of pyridine rings is 1. The van der Waals surface area contributed by atoms with Crippen LogP contribution in [0.2, 0.25) is 10.2 Å². The van der Waals surface area contributed by atoms with Gasteiger partial charge in [0.05, 0.1) is 5.69 Å². The Kier molecular flexibility index (Phi) is 4.52. The number of hydrogen-bond acceptors (Lipinski definition) is 3. The maximum atomic E-state index is 12.3. The molecule has 0 spiro atoms. The third kappa shape index (κ3) is 3.25. The second-order valence-corrected chi connectivity index (χ2v) is 5.64. The molecule has 2 heterocycles. The number of fused-ring (bicyclic) bond motifs is 1.